The van der Waals surface area contributed by atoms with Crippen molar-refractivity contribution < 1.29 is 22.7 Å². The van der Waals surface area contributed by atoms with E-state index < -0.39 is 15.7 Å². The topological polar surface area (TPSA) is 88.2 Å². The molecule has 8 nitrogen and oxygen atoms in total. The third kappa shape index (κ3) is 4.80. The normalized spacial score (nSPS) is 21.5. The van der Waals surface area contributed by atoms with E-state index >= 15 is 0 Å². The molecule has 0 radical (unpaired) electrons. The van der Waals surface area contributed by atoms with Crippen LogP contribution >= 0.6 is 0 Å². The lowest BCUT2D eigenvalue weighted by molar-refractivity contribution is -0.0285. The molecule has 1 unspecified atom stereocenters. The van der Waals surface area contributed by atoms with E-state index in [0.29, 0.717) is 50.6 Å². The van der Waals surface area contributed by atoms with Crippen LogP contribution in [0.3, 0.4) is 0 Å². The molecule has 1 aromatic carbocycles. The number of hydrogen-bond donors (Lipinski definition) is 1. The number of nitrogens with zero attached hydrogens (tertiary/aromatic N) is 2. The van der Waals surface area contributed by atoms with E-state index in [9.17, 15) is 13.2 Å². The van der Waals surface area contributed by atoms with Crippen LogP contribution in [0.5, 0.6) is 0 Å². The average molecular weight is 426 g/mol. The van der Waals surface area contributed by atoms with Crippen LogP contribution in [0.2, 0.25) is 0 Å². The van der Waals surface area contributed by atoms with Gasteiger partial charge in [-0.1, -0.05) is 13.0 Å². The van der Waals surface area contributed by atoms with Crippen LogP contribution in [0.4, 0.5) is 0 Å². The molecule has 2 heterocycles. The monoisotopic (exact) mass is 425 g/mol. The van der Waals surface area contributed by atoms with Crippen LogP contribution in [0, 0.1) is 6.92 Å². The Kier molecular flexibility index (Phi) is 6.95. The smallest absolute Gasteiger partial charge is 0.252 e. The van der Waals surface area contributed by atoms with Crippen LogP contribution in [0.15, 0.2) is 23.1 Å². The molecule has 0 aliphatic carbocycles. The molecule has 0 aromatic heterocycles. The number of amides is 1. The maximum Gasteiger partial charge on any atom is 0.252 e. The Labute approximate surface area is 173 Å². The number of carbonyl (C=O) groups is 1. The minimum absolute atomic E-state index is 0.177. The first-order valence-corrected chi connectivity index (χ1v) is 11.6. The highest BCUT2D eigenvalue weighted by Crippen LogP contribution is 2.24. The van der Waals surface area contributed by atoms with E-state index in [-0.39, 0.29) is 10.8 Å². The molecule has 29 heavy (non-hydrogen) atoms. The SMILES string of the molecule is CCC(C)(NC(=O)c1ccc(C)c(S(=O)(=O)N2CCOCC2)c1)N1CCOCC1. The summed E-state index contributed by atoms with van der Waals surface area (Å²) in [6, 6.07) is 4.86. The summed E-state index contributed by atoms with van der Waals surface area (Å²) in [5.41, 5.74) is 0.449. The Morgan fingerprint density at radius 2 is 1.69 bits per heavy atom. The zero-order chi connectivity index (χ0) is 21.1. The molecule has 1 N–H and O–H groups in total. The second-order valence-electron chi connectivity index (χ2n) is 7.68. The molecular weight excluding hydrogens is 394 g/mol. The first-order chi connectivity index (χ1) is 13.8. The first kappa shape index (κ1) is 22.2. The van der Waals surface area contributed by atoms with E-state index in [1.807, 2.05) is 13.8 Å². The number of carbonyl (C=O) groups excluding carboxylic acids is 1. The molecule has 9 heteroatoms. The van der Waals surface area contributed by atoms with Gasteiger partial charge in [0.15, 0.2) is 0 Å². The van der Waals surface area contributed by atoms with Gasteiger partial charge >= 0.3 is 0 Å². The van der Waals surface area contributed by atoms with Crippen LogP contribution in [0.1, 0.15) is 36.2 Å². The number of nitrogens with one attached hydrogen (secondary N) is 1. The van der Waals surface area contributed by atoms with Crippen molar-refractivity contribution in [3.8, 4) is 0 Å². The Hall–Kier alpha value is -1.52. The molecule has 2 fully saturated rings. The lowest BCUT2D eigenvalue weighted by Gasteiger charge is -2.43. The molecule has 2 aliphatic heterocycles. The summed E-state index contributed by atoms with van der Waals surface area (Å²) < 4.78 is 38.3. The number of morpholine rings is 2. The zero-order valence-electron chi connectivity index (χ0n) is 17.4. The minimum atomic E-state index is -3.67. The van der Waals surface area contributed by atoms with Crippen LogP contribution < -0.4 is 5.32 Å². The summed E-state index contributed by atoms with van der Waals surface area (Å²) in [5, 5.41) is 3.11. The first-order valence-electron chi connectivity index (χ1n) is 10.1. The van der Waals surface area contributed by atoms with Gasteiger partial charge < -0.3 is 14.8 Å². The van der Waals surface area contributed by atoms with Gasteiger partial charge in [-0.15, -0.1) is 0 Å². The van der Waals surface area contributed by atoms with Gasteiger partial charge in [-0.3, -0.25) is 9.69 Å². The Morgan fingerprint density at radius 3 is 2.28 bits per heavy atom. The van der Waals surface area contributed by atoms with Gasteiger partial charge in [-0.2, -0.15) is 4.31 Å². The van der Waals surface area contributed by atoms with Crippen molar-refractivity contribution in [2.24, 2.45) is 0 Å². The van der Waals surface area contributed by atoms with E-state index in [1.54, 1.807) is 19.1 Å². The standard InChI is InChI=1S/C20H31N3O5S/c1-4-20(3,22-7-11-27-12-8-22)21-19(24)17-6-5-16(2)18(15-17)29(25,26)23-9-13-28-14-10-23/h5-6,15H,4,7-14H2,1-3H3,(H,21,24). The number of sulfonamides is 1. The third-order valence-electron chi connectivity index (χ3n) is 5.82. The average Bonchev–Trinajstić information content (AvgIpc) is 2.75. The molecule has 0 spiro atoms. The van der Waals surface area contributed by atoms with E-state index in [1.165, 1.54) is 10.4 Å². The number of benzene rings is 1. The van der Waals surface area contributed by atoms with Gasteiger partial charge in [-0.25, -0.2) is 8.42 Å². The Bertz CT molecular complexity index is 833. The highest BCUT2D eigenvalue weighted by atomic mass is 32.2. The summed E-state index contributed by atoms with van der Waals surface area (Å²) in [4.78, 5) is 15.4. The molecule has 0 saturated carbocycles. The molecule has 162 valence electrons. The quantitative estimate of drug-likeness (QED) is 0.737. The zero-order valence-corrected chi connectivity index (χ0v) is 18.3. The highest BCUT2D eigenvalue weighted by molar-refractivity contribution is 7.89. The predicted octanol–water partition coefficient (Wildman–Crippen LogP) is 1.20. The van der Waals surface area contributed by atoms with Gasteiger partial charge in [0, 0.05) is 31.7 Å². The fourth-order valence-electron chi connectivity index (χ4n) is 3.71. The lowest BCUT2D eigenvalue weighted by atomic mass is 10.0. The maximum absolute atomic E-state index is 13.1. The molecule has 2 saturated heterocycles. The van der Waals surface area contributed by atoms with E-state index in [4.69, 9.17) is 9.47 Å². The fraction of sp³-hybridized carbons (Fsp3) is 0.650. The van der Waals surface area contributed by atoms with Crippen molar-refractivity contribution in [3.05, 3.63) is 29.3 Å². The summed E-state index contributed by atoms with van der Waals surface area (Å²) in [7, 11) is -3.67. The summed E-state index contributed by atoms with van der Waals surface area (Å²) in [5.74, 6) is -0.278. The molecule has 1 atom stereocenters. The van der Waals surface area contributed by atoms with Crippen molar-refractivity contribution in [2.75, 3.05) is 52.6 Å². The third-order valence-corrected chi connectivity index (χ3v) is 7.86. The number of aryl methyl sites for hydroxylation is 1. The number of hydrogen-bond acceptors (Lipinski definition) is 6. The Balaban J connectivity index is 1.83. The van der Waals surface area contributed by atoms with Gasteiger partial charge in [0.25, 0.3) is 5.91 Å². The number of rotatable bonds is 6. The van der Waals surface area contributed by atoms with Gasteiger partial charge in [0.05, 0.1) is 37.0 Å². The minimum Gasteiger partial charge on any atom is -0.379 e. The van der Waals surface area contributed by atoms with Gasteiger partial charge in [0.1, 0.15) is 0 Å². The van der Waals surface area contributed by atoms with Crippen LogP contribution in [-0.4, -0.2) is 81.8 Å². The summed E-state index contributed by atoms with van der Waals surface area (Å²) in [6.07, 6.45) is 0.726. The summed E-state index contributed by atoms with van der Waals surface area (Å²) >= 11 is 0. The molecule has 0 bridgehead atoms. The lowest BCUT2D eigenvalue weighted by Crippen LogP contribution is -2.61. The summed E-state index contributed by atoms with van der Waals surface area (Å²) in [6.45, 7) is 9.94. The number of ether oxygens (including phenoxy) is 2. The van der Waals surface area contributed by atoms with Crippen molar-refractivity contribution in [1.82, 2.24) is 14.5 Å². The second-order valence-corrected chi connectivity index (χ2v) is 9.58. The molecule has 1 aromatic rings. The molecule has 3 rings (SSSR count). The van der Waals surface area contributed by atoms with Crippen molar-refractivity contribution in [2.45, 2.75) is 37.8 Å². The van der Waals surface area contributed by atoms with E-state index in [2.05, 4.69) is 10.2 Å². The van der Waals surface area contributed by atoms with Crippen molar-refractivity contribution in [3.63, 3.8) is 0 Å². The Morgan fingerprint density at radius 1 is 1.10 bits per heavy atom. The largest absolute Gasteiger partial charge is 0.379 e. The van der Waals surface area contributed by atoms with Crippen molar-refractivity contribution in [1.29, 1.82) is 0 Å². The van der Waals surface area contributed by atoms with Crippen molar-refractivity contribution >= 4 is 15.9 Å². The van der Waals surface area contributed by atoms with Gasteiger partial charge in [-0.05, 0) is 38.0 Å². The maximum atomic E-state index is 13.1. The molecule has 2 aliphatic rings. The van der Waals surface area contributed by atoms with Crippen LogP contribution in [0.25, 0.3) is 0 Å². The fourth-order valence-corrected chi connectivity index (χ4v) is 5.37. The molecule has 1 amide bonds. The highest BCUT2D eigenvalue weighted by Gasteiger charge is 2.34. The van der Waals surface area contributed by atoms with E-state index in [0.717, 1.165) is 19.5 Å². The molecular formula is C20H31N3O5S. The van der Waals surface area contributed by atoms with Crippen LogP contribution in [-0.2, 0) is 19.5 Å². The second kappa shape index (κ2) is 9.09. The van der Waals surface area contributed by atoms with Gasteiger partial charge in [0.2, 0.25) is 10.0 Å². The predicted molar refractivity (Wildman–Crippen MR) is 109 cm³/mol.